The fourth-order valence-electron chi connectivity index (χ4n) is 1.73. The van der Waals surface area contributed by atoms with Gasteiger partial charge in [-0.15, -0.1) is 11.3 Å². The van der Waals surface area contributed by atoms with E-state index < -0.39 is 0 Å². The molecule has 2 rings (SSSR count). The van der Waals surface area contributed by atoms with Crippen LogP contribution in [-0.2, 0) is 6.54 Å². The first-order valence-electron chi connectivity index (χ1n) is 6.18. The van der Waals surface area contributed by atoms with Gasteiger partial charge in [-0.2, -0.15) is 0 Å². The molecule has 0 aliphatic heterocycles. The molecule has 0 unspecified atom stereocenters. The van der Waals surface area contributed by atoms with Gasteiger partial charge in [0.15, 0.2) is 11.5 Å². The van der Waals surface area contributed by atoms with Gasteiger partial charge in [-0.3, -0.25) is 0 Å². The van der Waals surface area contributed by atoms with E-state index in [0.29, 0.717) is 6.61 Å². The van der Waals surface area contributed by atoms with E-state index in [1.165, 1.54) is 4.88 Å². The number of nitrogens with one attached hydrogen (secondary N) is 1. The van der Waals surface area contributed by atoms with Crippen LogP contribution in [0.5, 0.6) is 11.5 Å². The minimum atomic E-state index is 0.619. The zero-order valence-electron chi connectivity index (χ0n) is 11.4. The number of methoxy groups -OCH3 is 1. The summed E-state index contributed by atoms with van der Waals surface area (Å²) in [5.74, 6) is 1.51. The van der Waals surface area contributed by atoms with Crippen molar-refractivity contribution in [1.82, 2.24) is 4.98 Å². The second-order valence-electron chi connectivity index (χ2n) is 4.01. The molecule has 0 saturated heterocycles. The van der Waals surface area contributed by atoms with Crippen LogP contribution in [-0.4, -0.2) is 18.7 Å². The topological polar surface area (TPSA) is 43.4 Å². The summed E-state index contributed by atoms with van der Waals surface area (Å²) in [6, 6.07) is 5.85. The average molecular weight is 278 g/mol. The standard InChI is InChI=1S/C14H18N2O2S/c1-4-18-13-7-11(5-6-12(13)17-3)15-8-14-10(2)16-9-19-14/h5-7,9,15H,4,8H2,1-3H3. The molecular weight excluding hydrogens is 260 g/mol. The molecule has 102 valence electrons. The van der Waals surface area contributed by atoms with Crippen molar-refractivity contribution in [2.75, 3.05) is 19.0 Å². The Balaban J connectivity index is 2.08. The van der Waals surface area contributed by atoms with Crippen molar-refractivity contribution in [2.45, 2.75) is 20.4 Å². The van der Waals surface area contributed by atoms with Gasteiger partial charge in [0.1, 0.15) is 0 Å². The molecule has 19 heavy (non-hydrogen) atoms. The van der Waals surface area contributed by atoms with Crippen molar-refractivity contribution in [1.29, 1.82) is 0 Å². The molecule has 0 radical (unpaired) electrons. The average Bonchev–Trinajstić information content (AvgIpc) is 2.82. The fraction of sp³-hybridized carbons (Fsp3) is 0.357. The number of thiazole rings is 1. The first-order valence-corrected chi connectivity index (χ1v) is 7.06. The Morgan fingerprint density at radius 1 is 1.32 bits per heavy atom. The zero-order chi connectivity index (χ0) is 13.7. The summed E-state index contributed by atoms with van der Waals surface area (Å²) in [4.78, 5) is 5.48. The monoisotopic (exact) mass is 278 g/mol. The highest BCUT2D eigenvalue weighted by molar-refractivity contribution is 7.09. The van der Waals surface area contributed by atoms with Crippen LogP contribution in [0.4, 0.5) is 5.69 Å². The molecule has 1 aromatic heterocycles. The van der Waals surface area contributed by atoms with E-state index >= 15 is 0 Å². The highest BCUT2D eigenvalue weighted by Crippen LogP contribution is 2.30. The number of aryl methyl sites for hydroxylation is 1. The molecule has 2 aromatic rings. The molecule has 5 heteroatoms. The van der Waals surface area contributed by atoms with Crippen LogP contribution < -0.4 is 14.8 Å². The summed E-state index contributed by atoms with van der Waals surface area (Å²) in [6.45, 7) is 5.37. The highest BCUT2D eigenvalue weighted by atomic mass is 32.1. The van der Waals surface area contributed by atoms with Gasteiger partial charge in [0.2, 0.25) is 0 Å². The molecular formula is C14H18N2O2S. The van der Waals surface area contributed by atoms with Crippen LogP contribution in [0.25, 0.3) is 0 Å². The molecule has 1 N–H and O–H groups in total. The van der Waals surface area contributed by atoms with Crippen LogP contribution in [0, 0.1) is 6.92 Å². The van der Waals surface area contributed by atoms with Gasteiger partial charge in [-0.25, -0.2) is 4.98 Å². The van der Waals surface area contributed by atoms with Gasteiger partial charge >= 0.3 is 0 Å². The minimum absolute atomic E-state index is 0.619. The van der Waals surface area contributed by atoms with E-state index in [2.05, 4.69) is 10.3 Å². The number of hydrogen-bond acceptors (Lipinski definition) is 5. The number of nitrogens with zero attached hydrogens (tertiary/aromatic N) is 1. The number of benzene rings is 1. The zero-order valence-corrected chi connectivity index (χ0v) is 12.2. The van der Waals surface area contributed by atoms with Gasteiger partial charge in [-0.1, -0.05) is 0 Å². The fourth-order valence-corrected chi connectivity index (χ4v) is 2.45. The number of ether oxygens (including phenoxy) is 2. The van der Waals surface area contributed by atoms with Crippen molar-refractivity contribution in [3.63, 3.8) is 0 Å². The van der Waals surface area contributed by atoms with Crippen LogP contribution in [0.15, 0.2) is 23.7 Å². The smallest absolute Gasteiger partial charge is 0.163 e. The summed E-state index contributed by atoms with van der Waals surface area (Å²) in [7, 11) is 1.64. The Labute approximate surface area is 117 Å². The maximum absolute atomic E-state index is 5.55. The molecule has 0 aliphatic carbocycles. The normalized spacial score (nSPS) is 10.3. The third-order valence-corrected chi connectivity index (χ3v) is 3.70. The van der Waals surface area contributed by atoms with Crippen molar-refractivity contribution in [3.8, 4) is 11.5 Å². The van der Waals surface area contributed by atoms with Gasteiger partial charge in [0.05, 0.1) is 31.5 Å². The molecule has 1 heterocycles. The van der Waals surface area contributed by atoms with Gasteiger partial charge in [0.25, 0.3) is 0 Å². The SMILES string of the molecule is CCOc1cc(NCc2scnc2C)ccc1OC. The summed E-state index contributed by atoms with van der Waals surface area (Å²) in [5, 5.41) is 3.37. The van der Waals surface area contributed by atoms with Crippen LogP contribution in [0.2, 0.25) is 0 Å². The molecule has 0 bridgehead atoms. The van der Waals surface area contributed by atoms with Gasteiger partial charge < -0.3 is 14.8 Å². The number of rotatable bonds is 6. The minimum Gasteiger partial charge on any atom is -0.493 e. The van der Waals surface area contributed by atoms with E-state index in [1.807, 2.05) is 37.6 Å². The van der Waals surface area contributed by atoms with Gasteiger partial charge in [-0.05, 0) is 26.0 Å². The van der Waals surface area contributed by atoms with Crippen molar-refractivity contribution in [3.05, 3.63) is 34.3 Å². The maximum atomic E-state index is 5.55. The molecule has 0 amide bonds. The lowest BCUT2D eigenvalue weighted by Gasteiger charge is -2.12. The largest absolute Gasteiger partial charge is 0.493 e. The predicted molar refractivity (Wildman–Crippen MR) is 78.3 cm³/mol. The summed E-state index contributed by atoms with van der Waals surface area (Å²) in [6.07, 6.45) is 0. The molecule has 0 aliphatic rings. The molecule has 4 nitrogen and oxygen atoms in total. The Bertz CT molecular complexity index is 540. The summed E-state index contributed by atoms with van der Waals surface area (Å²) < 4.78 is 10.8. The Morgan fingerprint density at radius 3 is 2.79 bits per heavy atom. The molecule has 0 saturated carbocycles. The van der Waals surface area contributed by atoms with Crippen molar-refractivity contribution < 1.29 is 9.47 Å². The quantitative estimate of drug-likeness (QED) is 0.878. The summed E-state index contributed by atoms with van der Waals surface area (Å²) in [5.41, 5.74) is 3.96. The van der Waals surface area contributed by atoms with Crippen molar-refractivity contribution >= 4 is 17.0 Å². The third-order valence-electron chi connectivity index (χ3n) is 2.76. The number of anilines is 1. The number of aromatic nitrogens is 1. The molecule has 0 atom stereocenters. The molecule has 1 aromatic carbocycles. The highest BCUT2D eigenvalue weighted by Gasteiger charge is 2.06. The second-order valence-corrected chi connectivity index (χ2v) is 4.95. The first kappa shape index (κ1) is 13.7. The van der Waals surface area contributed by atoms with Crippen LogP contribution in [0.3, 0.4) is 0 Å². The van der Waals surface area contributed by atoms with E-state index in [1.54, 1.807) is 18.4 Å². The Kier molecular flexibility index (Phi) is 4.63. The molecule has 0 spiro atoms. The maximum Gasteiger partial charge on any atom is 0.163 e. The lowest BCUT2D eigenvalue weighted by atomic mass is 10.2. The van der Waals surface area contributed by atoms with E-state index in [4.69, 9.17) is 9.47 Å². The lowest BCUT2D eigenvalue weighted by molar-refractivity contribution is 0.311. The van der Waals surface area contributed by atoms with Gasteiger partial charge in [0, 0.05) is 16.6 Å². The van der Waals surface area contributed by atoms with E-state index in [-0.39, 0.29) is 0 Å². The predicted octanol–water partition coefficient (Wildman–Crippen LogP) is 3.47. The van der Waals surface area contributed by atoms with Crippen LogP contribution in [0.1, 0.15) is 17.5 Å². The first-order chi connectivity index (χ1) is 9.24. The molecule has 0 fully saturated rings. The van der Waals surface area contributed by atoms with E-state index in [0.717, 1.165) is 29.4 Å². The second kappa shape index (κ2) is 6.43. The lowest BCUT2D eigenvalue weighted by Crippen LogP contribution is -2.01. The van der Waals surface area contributed by atoms with Crippen molar-refractivity contribution in [2.24, 2.45) is 0 Å². The Hall–Kier alpha value is -1.75. The summed E-state index contributed by atoms with van der Waals surface area (Å²) >= 11 is 1.66. The Morgan fingerprint density at radius 2 is 2.16 bits per heavy atom. The number of hydrogen-bond donors (Lipinski definition) is 1. The van der Waals surface area contributed by atoms with E-state index in [9.17, 15) is 0 Å². The third kappa shape index (κ3) is 3.38. The van der Waals surface area contributed by atoms with Crippen LogP contribution >= 0.6 is 11.3 Å².